The second kappa shape index (κ2) is 8.74. The largest absolute Gasteiger partial charge is 0.462 e. The molecular formula is C22H24N2O7. The molecule has 0 aliphatic carbocycles. The first-order valence-electron chi connectivity index (χ1n) is 9.86. The maximum Gasteiger partial charge on any atom is 0.247 e. The van der Waals surface area contributed by atoms with Crippen LogP contribution in [0.4, 0.5) is 0 Å². The summed E-state index contributed by atoms with van der Waals surface area (Å²) in [7, 11) is 0. The van der Waals surface area contributed by atoms with Crippen molar-refractivity contribution in [2.45, 2.75) is 44.6 Å². The summed E-state index contributed by atoms with van der Waals surface area (Å²) in [6, 6.07) is 13.2. The monoisotopic (exact) mass is 428 g/mol. The van der Waals surface area contributed by atoms with Crippen LogP contribution in [0.5, 0.6) is 5.75 Å². The number of ether oxygens (including phenoxy) is 2. The van der Waals surface area contributed by atoms with Crippen molar-refractivity contribution in [1.82, 2.24) is 10.2 Å². The number of hydrogen-bond acceptors (Lipinski definition) is 9. The predicted molar refractivity (Wildman–Crippen MR) is 109 cm³/mol. The van der Waals surface area contributed by atoms with Gasteiger partial charge in [-0.3, -0.25) is 0 Å². The predicted octanol–water partition coefficient (Wildman–Crippen LogP) is 1.20. The lowest BCUT2D eigenvalue weighted by molar-refractivity contribution is -0.277. The summed E-state index contributed by atoms with van der Waals surface area (Å²) < 4.78 is 16.6. The third-order valence-electron chi connectivity index (χ3n) is 5.26. The molecule has 5 unspecified atom stereocenters. The molecule has 0 spiro atoms. The van der Waals surface area contributed by atoms with E-state index in [0.29, 0.717) is 17.5 Å². The van der Waals surface area contributed by atoms with Crippen molar-refractivity contribution in [2.75, 3.05) is 6.61 Å². The minimum absolute atomic E-state index is 0.450. The van der Waals surface area contributed by atoms with Crippen molar-refractivity contribution in [1.29, 1.82) is 0 Å². The number of aliphatic hydroxyl groups excluding tert-OH is 4. The normalized spacial score (nSPS) is 26.1. The van der Waals surface area contributed by atoms with Gasteiger partial charge in [-0.25, -0.2) is 0 Å². The van der Waals surface area contributed by atoms with E-state index < -0.39 is 37.3 Å². The molecule has 1 aromatic heterocycles. The third-order valence-corrected chi connectivity index (χ3v) is 5.26. The van der Waals surface area contributed by atoms with E-state index in [2.05, 4.69) is 10.2 Å². The second-order valence-corrected chi connectivity index (χ2v) is 7.50. The number of aromatic nitrogens is 2. The Labute approximate surface area is 178 Å². The average Bonchev–Trinajstić information content (AvgIpc) is 3.21. The van der Waals surface area contributed by atoms with Crippen LogP contribution >= 0.6 is 0 Å². The van der Waals surface area contributed by atoms with Gasteiger partial charge < -0.3 is 34.3 Å². The molecule has 1 aliphatic heterocycles. The first-order valence-corrected chi connectivity index (χ1v) is 9.86. The van der Waals surface area contributed by atoms with Gasteiger partial charge in [-0.1, -0.05) is 18.2 Å². The zero-order chi connectivity index (χ0) is 22.1. The summed E-state index contributed by atoms with van der Waals surface area (Å²) in [4.78, 5) is 0. The van der Waals surface area contributed by atoms with Crippen LogP contribution in [0.25, 0.3) is 22.6 Å². The molecule has 5 atom stereocenters. The fourth-order valence-electron chi connectivity index (χ4n) is 3.47. The molecule has 1 fully saturated rings. The minimum Gasteiger partial charge on any atom is -0.462 e. The van der Waals surface area contributed by atoms with Gasteiger partial charge in [-0.2, -0.15) is 0 Å². The molecule has 31 heavy (non-hydrogen) atoms. The van der Waals surface area contributed by atoms with E-state index in [4.69, 9.17) is 13.9 Å². The fourth-order valence-corrected chi connectivity index (χ4v) is 3.47. The summed E-state index contributed by atoms with van der Waals surface area (Å²) in [5.41, 5.74) is 3.53. The number of aryl methyl sites for hydroxylation is 2. The van der Waals surface area contributed by atoms with Gasteiger partial charge in [0.2, 0.25) is 18.1 Å². The Kier molecular flexibility index (Phi) is 6.03. The van der Waals surface area contributed by atoms with Crippen LogP contribution in [-0.2, 0) is 4.74 Å². The second-order valence-electron chi connectivity index (χ2n) is 7.50. The molecule has 0 amide bonds. The molecule has 3 aromatic rings. The SMILES string of the molecule is Cc1nnc(-c2ccc(-c3ccc(OC4OC(CO)C(O)C(O)C4O)c(C)c3)cc2)o1. The van der Waals surface area contributed by atoms with Crippen LogP contribution in [0.1, 0.15) is 11.5 Å². The van der Waals surface area contributed by atoms with Gasteiger partial charge in [0.1, 0.15) is 30.2 Å². The van der Waals surface area contributed by atoms with Crippen molar-refractivity contribution in [3.05, 3.63) is 53.9 Å². The van der Waals surface area contributed by atoms with E-state index in [1.165, 1.54) is 0 Å². The van der Waals surface area contributed by atoms with Crippen LogP contribution in [-0.4, -0.2) is 67.9 Å². The molecule has 4 rings (SSSR count). The molecular weight excluding hydrogens is 404 g/mol. The van der Waals surface area contributed by atoms with Crippen LogP contribution in [0, 0.1) is 13.8 Å². The van der Waals surface area contributed by atoms with Gasteiger partial charge in [-0.05, 0) is 47.9 Å². The highest BCUT2D eigenvalue weighted by Crippen LogP contribution is 2.30. The third kappa shape index (κ3) is 4.32. The topological polar surface area (TPSA) is 138 Å². The molecule has 2 aromatic carbocycles. The molecule has 0 bridgehead atoms. The summed E-state index contributed by atoms with van der Waals surface area (Å²) in [5, 5.41) is 47.1. The molecule has 1 aliphatic rings. The van der Waals surface area contributed by atoms with Gasteiger partial charge >= 0.3 is 0 Å². The quantitative estimate of drug-likeness (QED) is 0.472. The average molecular weight is 428 g/mol. The smallest absolute Gasteiger partial charge is 0.247 e. The van der Waals surface area contributed by atoms with Crippen molar-refractivity contribution in [3.63, 3.8) is 0 Å². The number of aliphatic hydroxyl groups is 4. The van der Waals surface area contributed by atoms with Crippen molar-refractivity contribution < 1.29 is 34.3 Å². The molecule has 0 radical (unpaired) electrons. The van der Waals surface area contributed by atoms with Crippen LogP contribution in [0.2, 0.25) is 0 Å². The van der Waals surface area contributed by atoms with Gasteiger partial charge in [0.05, 0.1) is 6.61 Å². The van der Waals surface area contributed by atoms with E-state index in [0.717, 1.165) is 22.3 Å². The zero-order valence-corrected chi connectivity index (χ0v) is 17.0. The molecule has 2 heterocycles. The molecule has 0 saturated carbocycles. The molecule has 4 N–H and O–H groups in total. The first kappa shape index (κ1) is 21.4. The fraction of sp³-hybridized carbons (Fsp3) is 0.364. The Bertz CT molecular complexity index is 1030. The summed E-state index contributed by atoms with van der Waals surface area (Å²) in [5.74, 6) is 1.42. The number of benzene rings is 2. The number of nitrogens with zero attached hydrogens (tertiary/aromatic N) is 2. The highest BCUT2D eigenvalue weighted by Gasteiger charge is 2.44. The standard InChI is InChI=1S/C22H24N2O7/c1-11-9-15(13-3-5-14(6-4-13)21-24-23-12(2)29-21)7-8-16(11)30-22-20(28)19(27)18(26)17(10-25)31-22/h3-9,17-20,22,25-28H,10H2,1-2H3. The Hall–Kier alpha value is -2.82. The minimum atomic E-state index is -1.49. The van der Waals surface area contributed by atoms with Gasteiger partial charge in [-0.15, -0.1) is 10.2 Å². The van der Waals surface area contributed by atoms with E-state index in [1.54, 1.807) is 13.0 Å². The summed E-state index contributed by atoms with van der Waals surface area (Å²) in [6.07, 6.45) is -6.63. The van der Waals surface area contributed by atoms with Gasteiger partial charge in [0.15, 0.2) is 0 Å². The lowest BCUT2D eigenvalue weighted by Gasteiger charge is -2.39. The lowest BCUT2D eigenvalue weighted by Crippen LogP contribution is -2.60. The Balaban J connectivity index is 1.50. The van der Waals surface area contributed by atoms with E-state index in [-0.39, 0.29) is 0 Å². The molecule has 1 saturated heterocycles. The maximum absolute atomic E-state index is 10.2. The molecule has 9 heteroatoms. The van der Waals surface area contributed by atoms with Crippen molar-refractivity contribution >= 4 is 0 Å². The van der Waals surface area contributed by atoms with Crippen molar-refractivity contribution in [3.8, 4) is 28.3 Å². The Morgan fingerprint density at radius 2 is 1.55 bits per heavy atom. The highest BCUT2D eigenvalue weighted by molar-refractivity contribution is 5.68. The van der Waals surface area contributed by atoms with Crippen LogP contribution < -0.4 is 4.74 Å². The van der Waals surface area contributed by atoms with E-state index in [1.807, 2.05) is 43.3 Å². The summed E-state index contributed by atoms with van der Waals surface area (Å²) in [6.45, 7) is 3.07. The maximum atomic E-state index is 10.2. The number of rotatable bonds is 5. The highest BCUT2D eigenvalue weighted by atomic mass is 16.7. The molecule has 9 nitrogen and oxygen atoms in total. The Morgan fingerprint density at radius 1 is 0.871 bits per heavy atom. The Morgan fingerprint density at radius 3 is 2.16 bits per heavy atom. The van der Waals surface area contributed by atoms with E-state index in [9.17, 15) is 20.4 Å². The molecule has 164 valence electrons. The zero-order valence-electron chi connectivity index (χ0n) is 17.0. The van der Waals surface area contributed by atoms with Gasteiger partial charge in [0.25, 0.3) is 0 Å². The van der Waals surface area contributed by atoms with Crippen molar-refractivity contribution in [2.24, 2.45) is 0 Å². The summed E-state index contributed by atoms with van der Waals surface area (Å²) >= 11 is 0. The number of hydrogen-bond donors (Lipinski definition) is 4. The lowest BCUT2D eigenvalue weighted by atomic mass is 9.99. The first-order chi connectivity index (χ1) is 14.9. The van der Waals surface area contributed by atoms with Gasteiger partial charge in [0, 0.05) is 12.5 Å². The van der Waals surface area contributed by atoms with Crippen LogP contribution in [0.3, 0.4) is 0 Å². The van der Waals surface area contributed by atoms with Crippen LogP contribution in [0.15, 0.2) is 46.9 Å². The van der Waals surface area contributed by atoms with E-state index >= 15 is 0 Å².